The molecular formula is C40H38N2O4. The Morgan fingerprint density at radius 1 is 0.587 bits per heavy atom. The van der Waals surface area contributed by atoms with Crippen LogP contribution in [0.1, 0.15) is 64.6 Å². The molecule has 1 aliphatic carbocycles. The van der Waals surface area contributed by atoms with Gasteiger partial charge in [0.25, 0.3) is 11.8 Å². The van der Waals surface area contributed by atoms with Crippen molar-refractivity contribution in [3.63, 3.8) is 0 Å². The zero-order valence-electron chi connectivity index (χ0n) is 26.8. The summed E-state index contributed by atoms with van der Waals surface area (Å²) in [5.41, 5.74) is 8.22. The Bertz CT molecular complexity index is 1910. The van der Waals surface area contributed by atoms with Crippen LogP contribution in [-0.4, -0.2) is 26.0 Å². The smallest absolute Gasteiger partial charge is 0.259 e. The summed E-state index contributed by atoms with van der Waals surface area (Å²) in [6, 6.07) is 37.3. The van der Waals surface area contributed by atoms with Crippen LogP contribution in [-0.2, 0) is 10.8 Å². The maximum atomic E-state index is 13.0. The predicted octanol–water partition coefficient (Wildman–Crippen LogP) is 8.86. The Hall–Kier alpha value is -5.36. The van der Waals surface area contributed by atoms with E-state index in [2.05, 4.69) is 61.7 Å². The molecule has 0 saturated carbocycles. The second kappa shape index (κ2) is 12.2. The number of hydrogen-bond donors (Lipinski definition) is 2. The number of carbonyl (C=O) groups is 2. The van der Waals surface area contributed by atoms with Crippen LogP contribution in [0.4, 0.5) is 11.4 Å². The van der Waals surface area contributed by atoms with E-state index in [1.54, 1.807) is 38.5 Å². The number of hydrogen-bond acceptors (Lipinski definition) is 4. The highest BCUT2D eigenvalue weighted by Gasteiger charge is 2.45. The fraction of sp³-hybridized carbons (Fsp3) is 0.200. The average Bonchev–Trinajstić information content (AvgIpc) is 3.29. The van der Waals surface area contributed by atoms with Crippen molar-refractivity contribution in [1.82, 2.24) is 0 Å². The molecule has 0 bridgehead atoms. The topological polar surface area (TPSA) is 76.7 Å². The van der Waals surface area contributed by atoms with Crippen LogP contribution in [0.25, 0.3) is 11.1 Å². The van der Waals surface area contributed by atoms with E-state index >= 15 is 0 Å². The van der Waals surface area contributed by atoms with Crippen molar-refractivity contribution in [1.29, 1.82) is 0 Å². The summed E-state index contributed by atoms with van der Waals surface area (Å²) in [4.78, 5) is 25.9. The summed E-state index contributed by atoms with van der Waals surface area (Å²) in [6.45, 7) is 6.92. The summed E-state index contributed by atoms with van der Waals surface area (Å²) < 4.78 is 10.7. The maximum absolute atomic E-state index is 13.0. The minimum atomic E-state index is -0.220. The first-order valence-corrected chi connectivity index (χ1v) is 15.4. The Labute approximate surface area is 270 Å². The zero-order chi connectivity index (χ0) is 32.5. The molecule has 5 aromatic rings. The van der Waals surface area contributed by atoms with Gasteiger partial charge in [-0.1, -0.05) is 81.4 Å². The fourth-order valence-corrected chi connectivity index (χ4v) is 6.83. The van der Waals surface area contributed by atoms with Gasteiger partial charge in [-0.25, -0.2) is 0 Å². The van der Waals surface area contributed by atoms with Gasteiger partial charge in [-0.2, -0.15) is 0 Å². The molecule has 0 radical (unpaired) electrons. The lowest BCUT2D eigenvalue weighted by Gasteiger charge is -2.29. The lowest BCUT2D eigenvalue weighted by Crippen LogP contribution is -2.23. The predicted molar refractivity (Wildman–Crippen MR) is 184 cm³/mol. The number of benzene rings is 5. The molecule has 6 heteroatoms. The quantitative estimate of drug-likeness (QED) is 0.184. The molecule has 2 amide bonds. The monoisotopic (exact) mass is 610 g/mol. The Morgan fingerprint density at radius 2 is 1.07 bits per heavy atom. The third-order valence-electron chi connectivity index (χ3n) is 9.10. The third-order valence-corrected chi connectivity index (χ3v) is 9.10. The molecule has 6 nitrogen and oxygen atoms in total. The molecule has 1 aliphatic rings. The highest BCUT2D eigenvalue weighted by Crippen LogP contribution is 2.53. The largest absolute Gasteiger partial charge is 0.496 e. The number of fused-ring (bicyclic) bond motifs is 1. The summed E-state index contributed by atoms with van der Waals surface area (Å²) in [5.74, 6) is 0.648. The molecule has 5 aromatic carbocycles. The number of anilines is 2. The van der Waals surface area contributed by atoms with Gasteiger partial charge in [0.15, 0.2) is 0 Å². The van der Waals surface area contributed by atoms with Gasteiger partial charge >= 0.3 is 0 Å². The summed E-state index contributed by atoms with van der Waals surface area (Å²) >= 11 is 0. The lowest BCUT2D eigenvalue weighted by atomic mass is 9.75. The Morgan fingerprint density at radius 3 is 1.59 bits per heavy atom. The number of amides is 2. The fourth-order valence-electron chi connectivity index (χ4n) is 6.83. The molecule has 2 N–H and O–H groups in total. The average molecular weight is 611 g/mol. The second-order valence-corrected chi connectivity index (χ2v) is 12.6. The van der Waals surface area contributed by atoms with Crippen molar-refractivity contribution in [3.05, 3.63) is 143 Å². The molecule has 0 aromatic heterocycles. The van der Waals surface area contributed by atoms with Gasteiger partial charge in [-0.05, 0) is 94.3 Å². The van der Waals surface area contributed by atoms with Crippen LogP contribution in [0.3, 0.4) is 0 Å². The molecule has 1 unspecified atom stereocenters. The van der Waals surface area contributed by atoms with Crippen LogP contribution < -0.4 is 20.1 Å². The molecule has 0 spiro atoms. The molecule has 232 valence electrons. The van der Waals surface area contributed by atoms with E-state index in [4.69, 9.17) is 9.47 Å². The molecule has 0 saturated heterocycles. The SMILES string of the molecule is COc1ccccc1C(=O)Nc1ccc(-c2ccc3c(c2)C(C)(c2ccc(NC(=O)c4ccccc4OC)cc2)CC3(C)C)cc1. The standard InChI is InChI=1S/C40H38N2O4/c1-39(2)25-40(3,28-17-21-30(22-18-28)42-38(44)32-11-7-9-13-36(32)46-5)34-24-27(16-23-33(34)39)26-14-19-29(20-15-26)41-37(43)31-10-6-8-12-35(31)45-4/h6-24H,25H2,1-5H3,(H,41,43)(H,42,44). The first kappa shape index (κ1) is 30.7. The number of methoxy groups -OCH3 is 2. The van der Waals surface area contributed by atoms with E-state index in [1.165, 1.54) is 16.7 Å². The van der Waals surface area contributed by atoms with E-state index in [9.17, 15) is 9.59 Å². The highest BCUT2D eigenvalue weighted by molar-refractivity contribution is 6.07. The van der Waals surface area contributed by atoms with E-state index < -0.39 is 0 Å². The maximum Gasteiger partial charge on any atom is 0.259 e. The Balaban J connectivity index is 1.24. The Kier molecular flexibility index (Phi) is 8.13. The van der Waals surface area contributed by atoms with Crippen molar-refractivity contribution < 1.29 is 19.1 Å². The molecule has 0 heterocycles. The molecular weight excluding hydrogens is 572 g/mol. The van der Waals surface area contributed by atoms with Crippen LogP contribution in [0.5, 0.6) is 11.5 Å². The van der Waals surface area contributed by atoms with Crippen molar-refractivity contribution in [3.8, 4) is 22.6 Å². The summed E-state index contributed by atoms with van der Waals surface area (Å²) in [7, 11) is 3.12. The van der Waals surface area contributed by atoms with E-state index in [-0.39, 0.29) is 22.6 Å². The van der Waals surface area contributed by atoms with Gasteiger partial charge in [-0.15, -0.1) is 0 Å². The van der Waals surface area contributed by atoms with Gasteiger partial charge in [-0.3, -0.25) is 9.59 Å². The van der Waals surface area contributed by atoms with Gasteiger partial charge in [0.05, 0.1) is 25.3 Å². The van der Waals surface area contributed by atoms with Crippen LogP contribution >= 0.6 is 0 Å². The van der Waals surface area contributed by atoms with E-state index in [1.807, 2.05) is 60.7 Å². The molecule has 46 heavy (non-hydrogen) atoms. The number of nitrogens with one attached hydrogen (secondary N) is 2. The summed E-state index contributed by atoms with van der Waals surface area (Å²) in [5, 5.41) is 5.99. The van der Waals surface area contributed by atoms with Crippen LogP contribution in [0, 0.1) is 0 Å². The van der Waals surface area contributed by atoms with Crippen molar-refractivity contribution in [2.24, 2.45) is 0 Å². The van der Waals surface area contributed by atoms with Crippen LogP contribution in [0.15, 0.2) is 115 Å². The van der Waals surface area contributed by atoms with Gasteiger partial charge in [0, 0.05) is 16.8 Å². The second-order valence-electron chi connectivity index (χ2n) is 12.6. The normalized spacial score (nSPS) is 16.3. The number of ether oxygens (including phenoxy) is 2. The number of carbonyl (C=O) groups excluding carboxylic acids is 2. The number of para-hydroxylation sites is 2. The summed E-state index contributed by atoms with van der Waals surface area (Å²) in [6.07, 6.45) is 0.958. The van der Waals surface area contributed by atoms with Gasteiger partial charge in [0.2, 0.25) is 0 Å². The molecule has 6 rings (SSSR count). The van der Waals surface area contributed by atoms with Gasteiger partial charge in [0.1, 0.15) is 11.5 Å². The van der Waals surface area contributed by atoms with Crippen molar-refractivity contribution in [2.45, 2.75) is 38.0 Å². The third kappa shape index (κ3) is 5.74. The van der Waals surface area contributed by atoms with Gasteiger partial charge < -0.3 is 20.1 Å². The molecule has 1 atom stereocenters. The van der Waals surface area contributed by atoms with E-state index in [0.29, 0.717) is 28.3 Å². The molecule has 0 fully saturated rings. The molecule has 0 aliphatic heterocycles. The van der Waals surface area contributed by atoms with Crippen LogP contribution in [0.2, 0.25) is 0 Å². The first-order valence-electron chi connectivity index (χ1n) is 15.4. The number of rotatable bonds is 8. The van der Waals surface area contributed by atoms with E-state index in [0.717, 1.165) is 23.2 Å². The zero-order valence-corrected chi connectivity index (χ0v) is 26.8. The lowest BCUT2D eigenvalue weighted by molar-refractivity contribution is 0.101. The highest BCUT2D eigenvalue weighted by atomic mass is 16.5. The van der Waals surface area contributed by atoms with Crippen molar-refractivity contribution in [2.75, 3.05) is 24.9 Å². The minimum absolute atomic E-state index is 0.00794. The van der Waals surface area contributed by atoms with Crippen molar-refractivity contribution >= 4 is 23.2 Å². The first-order chi connectivity index (χ1) is 22.1. The minimum Gasteiger partial charge on any atom is -0.496 e.